The van der Waals surface area contributed by atoms with Crippen LogP contribution in [-0.2, 0) is 0 Å². The van der Waals surface area contributed by atoms with Gasteiger partial charge < -0.3 is 4.40 Å². The number of aromatic nitrogens is 2. The first-order valence-corrected chi connectivity index (χ1v) is 4.26. The van der Waals surface area contributed by atoms with Crippen LogP contribution in [0.2, 0.25) is 0 Å². The zero-order valence-corrected chi connectivity index (χ0v) is 10.1. The largest absolute Gasteiger partial charge is 0.303 e. The van der Waals surface area contributed by atoms with E-state index in [2.05, 4.69) is 20.9 Å². The topological polar surface area (TPSA) is 17.3 Å². The normalized spacial score (nSPS) is 10.1. The first-order valence-electron chi connectivity index (χ1n) is 3.47. The number of nitrogens with zero attached hydrogens (tertiary/aromatic N) is 2. The lowest BCUT2D eigenvalue weighted by Crippen LogP contribution is -1.87. The monoisotopic (exact) mass is 308 g/mol. The van der Waals surface area contributed by atoms with Gasteiger partial charge >= 0.3 is 0 Å². The Morgan fingerprint density at radius 1 is 1.46 bits per heavy atom. The van der Waals surface area contributed by atoms with Crippen LogP contribution in [0.4, 0.5) is 4.39 Å². The van der Waals surface area contributed by atoms with E-state index in [1.165, 1.54) is 6.07 Å². The summed E-state index contributed by atoms with van der Waals surface area (Å²) in [6, 6.07) is 1.40. The molecule has 0 unspecified atom stereocenters. The molecule has 0 spiro atoms. The average molecular weight is 310 g/mol. The fraction of sp³-hybridized carbons (Fsp3) is 0.125. The molecule has 0 saturated heterocycles. The number of aryl methyl sites for hydroxylation is 1. The van der Waals surface area contributed by atoms with Crippen LogP contribution in [0.5, 0.6) is 0 Å². The van der Waals surface area contributed by atoms with Crippen molar-refractivity contribution in [2.45, 2.75) is 6.92 Å². The summed E-state index contributed by atoms with van der Waals surface area (Å²) in [5.74, 6) is -0.308. The van der Waals surface area contributed by atoms with Crippen LogP contribution in [-0.4, -0.2) is 9.38 Å². The molecule has 0 bridgehead atoms. The standard InChI is InChI=1S/C8H6BrFN2.BrH/c1-5-3-12-4-6(9)2-7(10)8(12)11-5;/h2-4H,1H3;1H. The summed E-state index contributed by atoms with van der Waals surface area (Å²) in [4.78, 5) is 4.02. The van der Waals surface area contributed by atoms with Gasteiger partial charge in [0.25, 0.3) is 0 Å². The van der Waals surface area contributed by atoms with E-state index in [4.69, 9.17) is 0 Å². The van der Waals surface area contributed by atoms with E-state index in [1.807, 2.05) is 6.92 Å². The first kappa shape index (κ1) is 10.7. The molecule has 0 saturated carbocycles. The van der Waals surface area contributed by atoms with Crippen molar-refractivity contribution < 1.29 is 4.39 Å². The van der Waals surface area contributed by atoms with E-state index < -0.39 is 0 Å². The minimum absolute atomic E-state index is 0. The van der Waals surface area contributed by atoms with Gasteiger partial charge in [-0.2, -0.15) is 0 Å². The van der Waals surface area contributed by atoms with Gasteiger partial charge in [-0.3, -0.25) is 0 Å². The molecule has 0 amide bonds. The number of halogens is 3. The van der Waals surface area contributed by atoms with Crippen molar-refractivity contribution in [1.29, 1.82) is 0 Å². The highest BCUT2D eigenvalue weighted by molar-refractivity contribution is 9.10. The van der Waals surface area contributed by atoms with Crippen LogP contribution < -0.4 is 0 Å². The molecule has 0 aliphatic rings. The molecule has 0 radical (unpaired) electrons. The van der Waals surface area contributed by atoms with Crippen molar-refractivity contribution in [3.05, 3.63) is 34.4 Å². The molecule has 2 aromatic heterocycles. The van der Waals surface area contributed by atoms with E-state index in [0.29, 0.717) is 10.1 Å². The summed E-state index contributed by atoms with van der Waals surface area (Å²) in [7, 11) is 0. The highest BCUT2D eigenvalue weighted by Gasteiger charge is 2.04. The average Bonchev–Trinajstić information content (AvgIpc) is 2.29. The van der Waals surface area contributed by atoms with Gasteiger partial charge in [-0.05, 0) is 28.9 Å². The second kappa shape index (κ2) is 3.75. The number of hydrogen-bond donors (Lipinski definition) is 0. The zero-order chi connectivity index (χ0) is 8.72. The highest BCUT2D eigenvalue weighted by atomic mass is 79.9. The van der Waals surface area contributed by atoms with Crippen LogP contribution in [0, 0.1) is 12.7 Å². The van der Waals surface area contributed by atoms with Gasteiger partial charge in [0.2, 0.25) is 0 Å². The van der Waals surface area contributed by atoms with E-state index >= 15 is 0 Å². The van der Waals surface area contributed by atoms with Crippen molar-refractivity contribution in [2.75, 3.05) is 0 Å². The molecule has 0 aliphatic heterocycles. The summed E-state index contributed by atoms with van der Waals surface area (Å²) in [5.41, 5.74) is 1.18. The summed E-state index contributed by atoms with van der Waals surface area (Å²) < 4.78 is 15.5. The molecule has 5 heteroatoms. The molecule has 70 valence electrons. The Labute approximate surface area is 93.7 Å². The van der Waals surface area contributed by atoms with Crippen molar-refractivity contribution in [2.24, 2.45) is 0 Å². The highest BCUT2D eigenvalue weighted by Crippen LogP contribution is 2.15. The van der Waals surface area contributed by atoms with Crippen molar-refractivity contribution in [3.63, 3.8) is 0 Å². The second-order valence-corrected chi connectivity index (χ2v) is 3.54. The van der Waals surface area contributed by atoms with Crippen LogP contribution in [0.3, 0.4) is 0 Å². The Kier molecular flexibility index (Phi) is 3.08. The molecule has 0 atom stereocenters. The molecular weight excluding hydrogens is 303 g/mol. The summed E-state index contributed by atoms with van der Waals surface area (Å²) in [6.07, 6.45) is 3.56. The molecule has 2 aromatic rings. The lowest BCUT2D eigenvalue weighted by atomic mass is 10.4. The predicted molar refractivity (Wildman–Crippen MR) is 57.9 cm³/mol. The summed E-state index contributed by atoms with van der Waals surface area (Å²) >= 11 is 3.20. The quantitative estimate of drug-likeness (QED) is 0.731. The van der Waals surface area contributed by atoms with Crippen LogP contribution in [0.1, 0.15) is 5.69 Å². The lowest BCUT2D eigenvalue weighted by Gasteiger charge is -1.95. The van der Waals surface area contributed by atoms with Gasteiger partial charge in [0.05, 0.1) is 5.69 Å². The lowest BCUT2D eigenvalue weighted by molar-refractivity contribution is 0.629. The van der Waals surface area contributed by atoms with E-state index in [1.54, 1.807) is 16.8 Å². The molecule has 13 heavy (non-hydrogen) atoms. The van der Waals surface area contributed by atoms with Gasteiger partial charge in [0.1, 0.15) is 0 Å². The summed E-state index contributed by atoms with van der Waals surface area (Å²) in [5, 5.41) is 0. The van der Waals surface area contributed by atoms with Crippen LogP contribution in [0.25, 0.3) is 5.65 Å². The van der Waals surface area contributed by atoms with Gasteiger partial charge in [-0.1, -0.05) is 0 Å². The maximum atomic E-state index is 13.1. The van der Waals surface area contributed by atoms with Crippen LogP contribution in [0.15, 0.2) is 22.9 Å². The number of hydrogen-bond acceptors (Lipinski definition) is 1. The molecule has 2 nitrogen and oxygen atoms in total. The Morgan fingerprint density at radius 3 is 2.85 bits per heavy atom. The van der Waals surface area contributed by atoms with Gasteiger partial charge in [0, 0.05) is 16.9 Å². The Morgan fingerprint density at radius 2 is 2.15 bits per heavy atom. The third-order valence-electron chi connectivity index (χ3n) is 1.59. The van der Waals surface area contributed by atoms with Crippen molar-refractivity contribution in [1.82, 2.24) is 9.38 Å². The van der Waals surface area contributed by atoms with E-state index in [9.17, 15) is 4.39 Å². The molecule has 0 N–H and O–H groups in total. The number of fused-ring (bicyclic) bond motifs is 1. The Balaban J connectivity index is 0.000000845. The minimum Gasteiger partial charge on any atom is -0.303 e. The third kappa shape index (κ3) is 1.91. The van der Waals surface area contributed by atoms with E-state index in [-0.39, 0.29) is 22.8 Å². The number of pyridine rings is 1. The predicted octanol–water partition coefficient (Wildman–Crippen LogP) is 3.12. The fourth-order valence-electron chi connectivity index (χ4n) is 1.15. The molecule has 0 aliphatic carbocycles. The third-order valence-corrected chi connectivity index (χ3v) is 2.03. The SMILES string of the molecule is Br.Cc1cn2cc(Br)cc(F)c2n1. The maximum absolute atomic E-state index is 13.1. The fourth-order valence-corrected chi connectivity index (χ4v) is 1.57. The van der Waals surface area contributed by atoms with Gasteiger partial charge in [-0.15, -0.1) is 17.0 Å². The van der Waals surface area contributed by atoms with Gasteiger partial charge in [-0.25, -0.2) is 9.37 Å². The molecule has 2 rings (SSSR count). The minimum atomic E-state index is -0.308. The molecule has 2 heterocycles. The van der Waals surface area contributed by atoms with E-state index in [0.717, 1.165) is 5.69 Å². The maximum Gasteiger partial charge on any atom is 0.173 e. The zero-order valence-electron chi connectivity index (χ0n) is 6.79. The van der Waals surface area contributed by atoms with Crippen LogP contribution >= 0.6 is 32.9 Å². The first-order chi connectivity index (χ1) is 5.66. The smallest absolute Gasteiger partial charge is 0.173 e. The van der Waals surface area contributed by atoms with Gasteiger partial charge in [0.15, 0.2) is 11.5 Å². The van der Waals surface area contributed by atoms with Crippen molar-refractivity contribution >= 4 is 38.6 Å². The Hall–Kier alpha value is -0.420. The number of imidazole rings is 1. The molecule has 0 aromatic carbocycles. The Bertz CT molecular complexity index is 439. The molecular formula is C8H7Br2FN2. The number of rotatable bonds is 0. The van der Waals surface area contributed by atoms with Crippen molar-refractivity contribution in [3.8, 4) is 0 Å². The second-order valence-electron chi connectivity index (χ2n) is 2.62. The summed E-state index contributed by atoms with van der Waals surface area (Å²) in [6.45, 7) is 1.83. The molecule has 0 fully saturated rings.